The number of aromatic amines is 1. The van der Waals surface area contributed by atoms with E-state index in [1.54, 1.807) is 12.1 Å². The van der Waals surface area contributed by atoms with E-state index >= 15 is 0 Å². The summed E-state index contributed by atoms with van der Waals surface area (Å²) in [5, 5.41) is 18.0. The van der Waals surface area contributed by atoms with Crippen LogP contribution in [0.25, 0.3) is 0 Å². The molecule has 2 aromatic rings. The molecule has 2 rings (SSSR count). The molecule has 1 amide bonds. The number of ether oxygens (including phenoxy) is 1. The third-order valence-electron chi connectivity index (χ3n) is 2.60. The summed E-state index contributed by atoms with van der Waals surface area (Å²) in [5.41, 5.74) is -0.311. The number of para-hydroxylation sites is 1. The number of nitrogens with one attached hydrogen (secondary N) is 2. The Morgan fingerprint density at radius 2 is 2.05 bits per heavy atom. The Hall–Kier alpha value is -2.67. The first-order valence-corrected chi connectivity index (χ1v) is 6.35. The molecule has 0 saturated carbocycles. The van der Waals surface area contributed by atoms with Gasteiger partial charge in [-0.15, -0.1) is 0 Å². The van der Waals surface area contributed by atoms with Gasteiger partial charge in [-0.25, -0.2) is 5.10 Å². The summed E-state index contributed by atoms with van der Waals surface area (Å²) in [6.07, 6.45) is -0.850. The second kappa shape index (κ2) is 7.20. The molecule has 0 radical (unpaired) electrons. The fourth-order valence-electron chi connectivity index (χ4n) is 1.54. The highest BCUT2D eigenvalue weighted by molar-refractivity contribution is 5.91. The number of benzene rings is 1. The molecule has 0 aliphatic carbocycles. The summed E-state index contributed by atoms with van der Waals surface area (Å²) in [7, 11) is 0. The number of carbonyl (C=O) groups excluding carboxylic acids is 1. The molecule has 3 N–H and O–H groups in total. The summed E-state index contributed by atoms with van der Waals surface area (Å²) in [5.74, 6) is 0.162. The zero-order chi connectivity index (χ0) is 15.1. The first-order valence-electron chi connectivity index (χ1n) is 6.35. The molecule has 0 aliphatic rings. The van der Waals surface area contributed by atoms with Crippen molar-refractivity contribution < 1.29 is 14.6 Å². The fraction of sp³-hybridized carbons (Fsp3) is 0.214. The second-order valence-electron chi connectivity index (χ2n) is 4.29. The SMILES string of the molecule is O=C(NC[C@@H](O)COc1ccccc1)c1ccc(=O)[nH]n1. The monoisotopic (exact) mass is 289 g/mol. The third kappa shape index (κ3) is 4.73. The summed E-state index contributed by atoms with van der Waals surface area (Å²) >= 11 is 0. The van der Waals surface area contributed by atoms with Crippen molar-refractivity contribution in [1.82, 2.24) is 15.5 Å². The molecule has 0 aliphatic heterocycles. The quantitative estimate of drug-likeness (QED) is 0.691. The van der Waals surface area contributed by atoms with Crippen LogP contribution in [-0.2, 0) is 0 Å². The van der Waals surface area contributed by atoms with Crippen LogP contribution in [0.3, 0.4) is 0 Å². The van der Waals surface area contributed by atoms with E-state index < -0.39 is 12.0 Å². The van der Waals surface area contributed by atoms with Crippen LogP contribution in [0.15, 0.2) is 47.3 Å². The van der Waals surface area contributed by atoms with E-state index in [4.69, 9.17) is 4.74 Å². The number of carbonyl (C=O) groups is 1. The van der Waals surface area contributed by atoms with Crippen molar-refractivity contribution in [3.05, 3.63) is 58.5 Å². The molecule has 7 heteroatoms. The maximum absolute atomic E-state index is 11.7. The van der Waals surface area contributed by atoms with Crippen molar-refractivity contribution in [2.75, 3.05) is 13.2 Å². The van der Waals surface area contributed by atoms with Crippen LogP contribution >= 0.6 is 0 Å². The number of aromatic nitrogens is 2. The second-order valence-corrected chi connectivity index (χ2v) is 4.29. The van der Waals surface area contributed by atoms with Gasteiger partial charge in [0.1, 0.15) is 24.2 Å². The van der Waals surface area contributed by atoms with Crippen LogP contribution in [0.2, 0.25) is 0 Å². The Bertz CT molecular complexity index is 622. The zero-order valence-corrected chi connectivity index (χ0v) is 11.2. The summed E-state index contributed by atoms with van der Waals surface area (Å²) < 4.78 is 5.36. The molecule has 7 nitrogen and oxygen atoms in total. The first kappa shape index (κ1) is 14.7. The van der Waals surface area contributed by atoms with Crippen LogP contribution in [0.4, 0.5) is 0 Å². The Balaban J connectivity index is 1.76. The number of aliphatic hydroxyl groups excluding tert-OH is 1. The van der Waals surface area contributed by atoms with Gasteiger partial charge in [-0.1, -0.05) is 18.2 Å². The standard InChI is InChI=1S/C14H15N3O4/c18-10(9-21-11-4-2-1-3-5-11)8-15-14(20)12-6-7-13(19)17-16-12/h1-7,10,18H,8-9H2,(H,15,20)(H,17,19)/t10-/m1/s1. The molecule has 0 spiro atoms. The molecule has 0 fully saturated rings. The van der Waals surface area contributed by atoms with Crippen molar-refractivity contribution in [2.45, 2.75) is 6.10 Å². The lowest BCUT2D eigenvalue weighted by molar-refractivity contribution is 0.0839. The predicted molar refractivity (Wildman–Crippen MR) is 75.1 cm³/mol. The molecule has 1 heterocycles. The van der Waals surface area contributed by atoms with Crippen LogP contribution < -0.4 is 15.6 Å². The Kier molecular flexibility index (Phi) is 5.05. The summed E-state index contributed by atoms with van der Waals surface area (Å²) in [4.78, 5) is 22.5. The van der Waals surface area contributed by atoms with E-state index in [0.29, 0.717) is 5.75 Å². The molecule has 1 aromatic carbocycles. The maximum Gasteiger partial charge on any atom is 0.271 e. The van der Waals surface area contributed by atoms with Crippen LogP contribution in [-0.4, -0.2) is 40.5 Å². The normalized spacial score (nSPS) is 11.7. The van der Waals surface area contributed by atoms with Gasteiger partial charge >= 0.3 is 0 Å². The van der Waals surface area contributed by atoms with Gasteiger partial charge in [-0.3, -0.25) is 9.59 Å². The van der Waals surface area contributed by atoms with Crippen molar-refractivity contribution >= 4 is 5.91 Å². The van der Waals surface area contributed by atoms with Crippen molar-refractivity contribution in [3.63, 3.8) is 0 Å². The van der Waals surface area contributed by atoms with Gasteiger partial charge < -0.3 is 15.2 Å². The van der Waals surface area contributed by atoms with Crippen molar-refractivity contribution in [1.29, 1.82) is 0 Å². The van der Waals surface area contributed by atoms with Crippen LogP contribution in [0.5, 0.6) is 5.75 Å². The van der Waals surface area contributed by atoms with Gasteiger partial charge in [0.25, 0.3) is 11.5 Å². The summed E-state index contributed by atoms with van der Waals surface area (Å²) in [6, 6.07) is 11.6. The molecule has 0 bridgehead atoms. The molecular formula is C14H15N3O4. The number of hydrogen-bond acceptors (Lipinski definition) is 5. The van der Waals surface area contributed by atoms with E-state index in [0.717, 1.165) is 0 Å². The topological polar surface area (TPSA) is 104 Å². The zero-order valence-electron chi connectivity index (χ0n) is 11.2. The fourth-order valence-corrected chi connectivity index (χ4v) is 1.54. The lowest BCUT2D eigenvalue weighted by atomic mass is 10.3. The molecule has 0 unspecified atom stereocenters. The smallest absolute Gasteiger partial charge is 0.271 e. The average molecular weight is 289 g/mol. The largest absolute Gasteiger partial charge is 0.491 e. The highest BCUT2D eigenvalue weighted by Crippen LogP contribution is 2.08. The number of amides is 1. The van der Waals surface area contributed by atoms with Gasteiger partial charge in [0, 0.05) is 12.6 Å². The van der Waals surface area contributed by atoms with Gasteiger partial charge in [0.15, 0.2) is 0 Å². The number of hydrogen-bond donors (Lipinski definition) is 3. The average Bonchev–Trinajstić information content (AvgIpc) is 2.52. The van der Waals surface area contributed by atoms with E-state index in [-0.39, 0.29) is 24.4 Å². The molecular weight excluding hydrogens is 274 g/mol. The third-order valence-corrected chi connectivity index (χ3v) is 2.60. The number of aliphatic hydroxyl groups is 1. The first-order chi connectivity index (χ1) is 10.1. The van der Waals surface area contributed by atoms with Gasteiger partial charge in [0.05, 0.1) is 0 Å². The van der Waals surface area contributed by atoms with E-state index in [9.17, 15) is 14.7 Å². The Labute approximate surface area is 120 Å². The highest BCUT2D eigenvalue weighted by Gasteiger charge is 2.10. The Morgan fingerprint density at radius 3 is 2.71 bits per heavy atom. The van der Waals surface area contributed by atoms with Crippen molar-refractivity contribution in [3.8, 4) is 5.75 Å². The van der Waals surface area contributed by atoms with Gasteiger partial charge in [-0.2, -0.15) is 5.10 Å². The lowest BCUT2D eigenvalue weighted by Crippen LogP contribution is -2.36. The van der Waals surface area contributed by atoms with E-state index in [1.807, 2.05) is 18.2 Å². The Morgan fingerprint density at radius 1 is 1.29 bits per heavy atom. The maximum atomic E-state index is 11.7. The van der Waals surface area contributed by atoms with Crippen molar-refractivity contribution in [2.24, 2.45) is 0 Å². The minimum Gasteiger partial charge on any atom is -0.491 e. The van der Waals surface area contributed by atoms with Crippen LogP contribution in [0.1, 0.15) is 10.5 Å². The number of nitrogens with zero attached hydrogens (tertiary/aromatic N) is 1. The van der Waals surface area contributed by atoms with E-state index in [1.165, 1.54) is 12.1 Å². The van der Waals surface area contributed by atoms with E-state index in [2.05, 4.69) is 15.5 Å². The molecule has 21 heavy (non-hydrogen) atoms. The minimum atomic E-state index is -0.850. The predicted octanol–water partition coefficient (Wildman–Crippen LogP) is -0.0604. The molecule has 1 atom stereocenters. The minimum absolute atomic E-state index is 0.0203. The van der Waals surface area contributed by atoms with Gasteiger partial charge in [-0.05, 0) is 18.2 Å². The van der Waals surface area contributed by atoms with Gasteiger partial charge in [0.2, 0.25) is 0 Å². The number of rotatable bonds is 6. The van der Waals surface area contributed by atoms with Crippen LogP contribution in [0, 0.1) is 0 Å². The highest BCUT2D eigenvalue weighted by atomic mass is 16.5. The molecule has 110 valence electrons. The number of H-pyrrole nitrogens is 1. The lowest BCUT2D eigenvalue weighted by Gasteiger charge is -2.13. The molecule has 0 saturated heterocycles. The summed E-state index contributed by atoms with van der Waals surface area (Å²) in [6.45, 7) is 0.0792. The molecule has 1 aromatic heterocycles.